The van der Waals surface area contributed by atoms with Crippen LogP contribution in [0.2, 0.25) is 0 Å². The SMILES string of the molecule is O=S(=O)(O)c1c(F)c(Br)cc(F)c1Br. The molecule has 0 fully saturated rings. The van der Waals surface area contributed by atoms with Gasteiger partial charge in [0, 0.05) is 0 Å². The van der Waals surface area contributed by atoms with Crippen molar-refractivity contribution in [3.8, 4) is 0 Å². The molecule has 0 saturated heterocycles. The van der Waals surface area contributed by atoms with Crippen LogP contribution in [0.15, 0.2) is 19.9 Å². The van der Waals surface area contributed by atoms with Crippen molar-refractivity contribution in [1.29, 1.82) is 0 Å². The Morgan fingerprint density at radius 2 is 1.79 bits per heavy atom. The Bertz CT molecular complexity index is 460. The Hall–Kier alpha value is -0.0500. The molecule has 0 aliphatic heterocycles. The van der Waals surface area contributed by atoms with Crippen LogP contribution in [0.5, 0.6) is 0 Å². The van der Waals surface area contributed by atoms with Gasteiger partial charge < -0.3 is 0 Å². The summed E-state index contributed by atoms with van der Waals surface area (Å²) in [6.07, 6.45) is 0. The van der Waals surface area contributed by atoms with Gasteiger partial charge in [0.1, 0.15) is 10.7 Å². The number of rotatable bonds is 1. The summed E-state index contributed by atoms with van der Waals surface area (Å²) < 4.78 is 55.0. The molecule has 0 spiro atoms. The van der Waals surface area contributed by atoms with Gasteiger partial charge in [-0.05, 0) is 37.9 Å². The highest BCUT2D eigenvalue weighted by Crippen LogP contribution is 2.32. The van der Waals surface area contributed by atoms with Gasteiger partial charge in [-0.3, -0.25) is 4.55 Å². The normalized spacial score (nSPS) is 11.8. The molecule has 0 unspecified atom stereocenters. The molecule has 0 saturated carbocycles. The van der Waals surface area contributed by atoms with Crippen LogP contribution < -0.4 is 0 Å². The van der Waals surface area contributed by atoms with Crippen LogP contribution in [0.4, 0.5) is 8.78 Å². The van der Waals surface area contributed by atoms with Crippen molar-refractivity contribution in [2.75, 3.05) is 0 Å². The zero-order valence-corrected chi connectivity index (χ0v) is 10.2. The Balaban J connectivity index is 3.74. The van der Waals surface area contributed by atoms with Crippen molar-refractivity contribution in [2.24, 2.45) is 0 Å². The van der Waals surface area contributed by atoms with Crippen LogP contribution in [-0.4, -0.2) is 13.0 Å². The summed E-state index contributed by atoms with van der Waals surface area (Å²) in [5.74, 6) is -2.24. The van der Waals surface area contributed by atoms with Gasteiger partial charge in [0.15, 0.2) is 5.82 Å². The van der Waals surface area contributed by atoms with Crippen LogP contribution >= 0.6 is 31.9 Å². The molecule has 0 aliphatic rings. The van der Waals surface area contributed by atoms with E-state index in [1.807, 2.05) is 0 Å². The van der Waals surface area contributed by atoms with E-state index in [0.29, 0.717) is 0 Å². The monoisotopic (exact) mass is 350 g/mol. The number of benzene rings is 1. The molecule has 0 aromatic heterocycles. The summed E-state index contributed by atoms with van der Waals surface area (Å²) >= 11 is 5.14. The minimum atomic E-state index is -4.80. The topological polar surface area (TPSA) is 54.4 Å². The molecule has 1 aromatic carbocycles. The molecule has 0 heterocycles. The Labute approximate surface area is 95.1 Å². The van der Waals surface area contributed by atoms with Crippen molar-refractivity contribution in [3.63, 3.8) is 0 Å². The molecule has 78 valence electrons. The zero-order valence-electron chi connectivity index (χ0n) is 6.26. The molecule has 0 radical (unpaired) electrons. The lowest BCUT2D eigenvalue weighted by Crippen LogP contribution is -2.05. The lowest BCUT2D eigenvalue weighted by molar-refractivity contribution is 0.468. The predicted octanol–water partition coefficient (Wildman–Crippen LogP) is 2.74. The minimum Gasteiger partial charge on any atom is -0.282 e. The van der Waals surface area contributed by atoms with Gasteiger partial charge >= 0.3 is 0 Å². The van der Waals surface area contributed by atoms with Crippen molar-refractivity contribution < 1.29 is 21.8 Å². The van der Waals surface area contributed by atoms with E-state index >= 15 is 0 Å². The fraction of sp³-hybridized carbons (Fsp3) is 0. The van der Waals surface area contributed by atoms with E-state index in [4.69, 9.17) is 4.55 Å². The average Bonchev–Trinajstić information content (AvgIpc) is 1.98. The first-order chi connectivity index (χ1) is 6.25. The Kier molecular flexibility index (Phi) is 3.30. The average molecular weight is 352 g/mol. The first kappa shape index (κ1) is 12.0. The highest BCUT2D eigenvalue weighted by atomic mass is 79.9. The van der Waals surface area contributed by atoms with Crippen LogP contribution in [0.1, 0.15) is 0 Å². The summed E-state index contributed by atoms with van der Waals surface area (Å²) in [6, 6.07) is 0.744. The van der Waals surface area contributed by atoms with Gasteiger partial charge in [-0.15, -0.1) is 0 Å². The molecule has 0 atom stereocenters. The fourth-order valence-corrected chi connectivity index (χ4v) is 2.87. The van der Waals surface area contributed by atoms with E-state index in [2.05, 4.69) is 31.9 Å². The number of halogens is 4. The maximum atomic E-state index is 13.2. The highest BCUT2D eigenvalue weighted by molar-refractivity contribution is 9.11. The summed E-state index contributed by atoms with van der Waals surface area (Å²) in [5.41, 5.74) is 0. The third kappa shape index (κ3) is 2.13. The lowest BCUT2D eigenvalue weighted by Gasteiger charge is -2.05. The third-order valence-electron chi connectivity index (χ3n) is 1.33. The highest BCUT2D eigenvalue weighted by Gasteiger charge is 2.25. The summed E-state index contributed by atoms with van der Waals surface area (Å²) in [6.45, 7) is 0. The van der Waals surface area contributed by atoms with E-state index in [1.54, 1.807) is 0 Å². The van der Waals surface area contributed by atoms with Crippen molar-refractivity contribution >= 4 is 42.0 Å². The predicted molar refractivity (Wildman–Crippen MR) is 51.6 cm³/mol. The molecule has 8 heteroatoms. The first-order valence-electron chi connectivity index (χ1n) is 3.05. The van der Waals surface area contributed by atoms with Gasteiger partial charge in [0.25, 0.3) is 10.1 Å². The van der Waals surface area contributed by atoms with Crippen molar-refractivity contribution in [1.82, 2.24) is 0 Å². The van der Waals surface area contributed by atoms with Crippen LogP contribution in [0.3, 0.4) is 0 Å². The second kappa shape index (κ2) is 3.84. The second-order valence-corrected chi connectivity index (χ2v) is 5.28. The maximum absolute atomic E-state index is 13.2. The zero-order chi connectivity index (χ0) is 11.1. The van der Waals surface area contributed by atoms with Crippen molar-refractivity contribution in [3.05, 3.63) is 26.6 Å². The lowest BCUT2D eigenvalue weighted by atomic mass is 10.3. The Morgan fingerprint density at radius 1 is 1.29 bits per heavy atom. The van der Waals surface area contributed by atoms with Gasteiger partial charge in [-0.25, -0.2) is 8.78 Å². The summed E-state index contributed by atoms with van der Waals surface area (Å²) in [7, 11) is -4.80. The fourth-order valence-electron chi connectivity index (χ4n) is 0.778. The smallest absolute Gasteiger partial charge is 0.282 e. The van der Waals surface area contributed by atoms with E-state index in [-0.39, 0.29) is 4.47 Å². The van der Waals surface area contributed by atoms with E-state index < -0.39 is 31.1 Å². The molecule has 0 amide bonds. The minimum absolute atomic E-state index is 0.383. The molecule has 3 nitrogen and oxygen atoms in total. The third-order valence-corrected chi connectivity index (χ3v) is 3.84. The number of hydrogen-bond acceptors (Lipinski definition) is 2. The van der Waals surface area contributed by atoms with Crippen LogP contribution in [0.25, 0.3) is 0 Å². The van der Waals surface area contributed by atoms with Crippen LogP contribution in [0, 0.1) is 11.6 Å². The molecule has 0 bridgehead atoms. The molecular formula is C6H2Br2F2O3S. The maximum Gasteiger partial charge on any atom is 0.298 e. The van der Waals surface area contributed by atoms with Gasteiger partial charge in [0.05, 0.1) is 8.95 Å². The molecule has 1 aromatic rings. The van der Waals surface area contributed by atoms with Crippen molar-refractivity contribution in [2.45, 2.75) is 4.90 Å². The molecular weight excluding hydrogens is 350 g/mol. The van der Waals surface area contributed by atoms with E-state index in [0.717, 1.165) is 6.07 Å². The summed E-state index contributed by atoms with van der Waals surface area (Å²) in [5, 5.41) is 0. The molecule has 1 N–H and O–H groups in total. The van der Waals surface area contributed by atoms with Gasteiger partial charge in [-0.2, -0.15) is 8.42 Å². The number of hydrogen-bond donors (Lipinski definition) is 1. The Morgan fingerprint density at radius 3 is 2.21 bits per heavy atom. The molecule has 1 rings (SSSR count). The molecule has 0 aliphatic carbocycles. The quantitative estimate of drug-likeness (QED) is 0.625. The second-order valence-electron chi connectivity index (χ2n) is 2.27. The summed E-state index contributed by atoms with van der Waals surface area (Å²) in [4.78, 5) is -1.12. The van der Waals surface area contributed by atoms with Crippen LogP contribution in [-0.2, 0) is 10.1 Å². The molecule has 14 heavy (non-hydrogen) atoms. The first-order valence-corrected chi connectivity index (χ1v) is 6.08. The van der Waals surface area contributed by atoms with Gasteiger partial charge in [0.2, 0.25) is 0 Å². The van der Waals surface area contributed by atoms with E-state index in [9.17, 15) is 17.2 Å². The largest absolute Gasteiger partial charge is 0.298 e. The van der Waals surface area contributed by atoms with E-state index in [1.165, 1.54) is 0 Å². The standard InChI is InChI=1S/C6H2Br2F2O3S/c7-2-1-3(9)4(8)6(5(2)10)14(11,12)13/h1H,(H,11,12,13). The van der Waals surface area contributed by atoms with Gasteiger partial charge in [-0.1, -0.05) is 0 Å².